The van der Waals surface area contributed by atoms with Crippen molar-refractivity contribution in [3.63, 3.8) is 0 Å². The highest BCUT2D eigenvalue weighted by Gasteiger charge is 2.54. The summed E-state index contributed by atoms with van der Waals surface area (Å²) in [6.45, 7) is 21.2. The number of aryl methyl sites for hydroxylation is 1. The number of aliphatic hydroxyl groups is 1. The molecule has 4 aromatic rings. The number of ether oxygens (including phenoxy) is 2. The molecule has 0 saturated carbocycles. The van der Waals surface area contributed by atoms with Gasteiger partial charge in [0.15, 0.2) is 38.1 Å². The number of aromatic nitrogens is 7. The van der Waals surface area contributed by atoms with Gasteiger partial charge >= 0.3 is 0 Å². The maximum absolute atomic E-state index is 16.7. The monoisotopic (exact) mass is 1090 g/mol. The van der Waals surface area contributed by atoms with Crippen molar-refractivity contribution in [3.8, 4) is 0 Å². The number of quaternary nitrogens is 2. The molecule has 2 unspecified atom stereocenters. The van der Waals surface area contributed by atoms with Gasteiger partial charge in [0.05, 0.1) is 77.3 Å². The Morgan fingerprint density at radius 1 is 0.915 bits per heavy atom. The van der Waals surface area contributed by atoms with Crippen LogP contribution < -0.4 is 25.6 Å². The smallest absolute Gasteiger partial charge is 0.281 e. The lowest BCUT2D eigenvalue weighted by molar-refractivity contribution is -0.894. The Bertz CT molecular complexity index is 2530. The first kappa shape index (κ1) is 58.0. The zero-order chi connectivity index (χ0) is 52.1. The van der Waals surface area contributed by atoms with E-state index in [2.05, 4.69) is 66.8 Å². The Kier molecular flexibility index (Phi) is 20.1. The highest BCUT2D eigenvalue weighted by Crippen LogP contribution is 2.55. The zero-order valence-corrected chi connectivity index (χ0v) is 47.3. The Morgan fingerprint density at radius 3 is 2.15 bits per heavy atom. The molecule has 400 valence electrons. The van der Waals surface area contributed by atoms with Gasteiger partial charge in [0.25, 0.3) is 5.56 Å². The summed E-state index contributed by atoms with van der Waals surface area (Å²) in [7, 11) is -2.71. The number of hydrogen-bond donors (Lipinski definition) is 4. The van der Waals surface area contributed by atoms with Crippen molar-refractivity contribution in [3.05, 3.63) is 41.1 Å². The molecule has 0 amide bonds. The molecule has 4 aliphatic heterocycles. The Balaban J connectivity index is 0.000000517. The summed E-state index contributed by atoms with van der Waals surface area (Å²) < 4.78 is 78.2. The summed E-state index contributed by atoms with van der Waals surface area (Å²) in [5.74, 6) is 0.610. The van der Waals surface area contributed by atoms with E-state index in [-0.39, 0.29) is 29.4 Å². The van der Waals surface area contributed by atoms with Crippen LogP contribution >= 0.6 is 13.5 Å². The van der Waals surface area contributed by atoms with Crippen LogP contribution in [0.15, 0.2) is 30.0 Å². The van der Waals surface area contributed by atoms with Crippen LogP contribution in [0.2, 0.25) is 18.1 Å². The van der Waals surface area contributed by atoms with Gasteiger partial charge < -0.3 is 73.9 Å². The largest absolute Gasteiger partial charge is 0.780 e. The Labute approximate surface area is 427 Å². The molecule has 21 nitrogen and oxygen atoms in total. The van der Waals surface area contributed by atoms with Crippen molar-refractivity contribution in [2.24, 2.45) is 0 Å². The van der Waals surface area contributed by atoms with E-state index < -0.39 is 89.8 Å². The van der Waals surface area contributed by atoms with E-state index in [1.807, 2.05) is 33.9 Å². The molecule has 0 spiro atoms. The van der Waals surface area contributed by atoms with E-state index in [1.54, 1.807) is 16.0 Å². The molecule has 3 saturated heterocycles. The number of anilines is 1. The predicted octanol–water partition coefficient (Wildman–Crippen LogP) is 2.83. The van der Waals surface area contributed by atoms with E-state index >= 15 is 4.39 Å². The molecule has 2 bridgehead atoms. The third-order valence-corrected chi connectivity index (χ3v) is 21.7. The van der Waals surface area contributed by atoms with Gasteiger partial charge in [0, 0.05) is 12.7 Å². The second-order valence-electron chi connectivity index (χ2n) is 19.5. The topological polar surface area (TPSA) is 229 Å². The van der Waals surface area contributed by atoms with Crippen molar-refractivity contribution in [1.29, 1.82) is 0 Å². The molecule has 3 fully saturated rings. The fourth-order valence-corrected chi connectivity index (χ4v) is 12.9. The highest BCUT2D eigenvalue weighted by molar-refractivity contribution is 8.32. The van der Waals surface area contributed by atoms with Crippen molar-refractivity contribution in [1.82, 2.24) is 33.6 Å². The van der Waals surface area contributed by atoms with Gasteiger partial charge in [-0.05, 0) is 78.1 Å². The average Bonchev–Trinajstić information content (AvgIpc) is 4.04. The SMILES string of the molecule is CC(C)(C)[Si](C)(C)O[C@H]1[C@H]2OP(=O)([S-])OC[C@H]3O[C@@H](n4cc5c6c(ncnc64)NCCC5)[C@H](F)[C@@H]3OP([O-])(=S)OC[C@H]1O[C@H]2n1cnc2c(=O)n(CCO)cnc21.CC[NH+](CC)CC.CC[NH+](CC)CC. The zero-order valence-electron chi connectivity index (χ0n) is 42.9. The van der Waals surface area contributed by atoms with Gasteiger partial charge in [-0.1, -0.05) is 32.6 Å². The fraction of sp³-hybridized carbons (Fsp3) is 0.750. The molecule has 10 atom stereocenters. The Morgan fingerprint density at radius 2 is 1.55 bits per heavy atom. The first-order chi connectivity index (χ1) is 33.6. The summed E-state index contributed by atoms with van der Waals surface area (Å²) >= 11 is 10.8. The maximum atomic E-state index is 16.7. The molecule has 27 heteroatoms. The van der Waals surface area contributed by atoms with Crippen molar-refractivity contribution in [2.45, 2.75) is 149 Å². The standard InChI is InChI=1S/C32H45FN8O11P2S2Si.2C6H15N/c1-32(2,3)57(4,5)52-24-19-13-47-53(44,55)50-23-18(48-30(21(23)33)40-11-17-7-6-8-34-26-20(17)27(40)36-14-35-26)12-46-54(45,56)51-25(24)31(49-19)41-16-37-22-28(41)38-15-39(9-10-42)29(22)43;2*1-4-7(5-2)6-3/h11,14-16,18-19,21,23-25,30-31,42H,6-10,12-13H2,1-5H3,(H,44,55)(H,45,56)(H,34,35,36);2*4-6H2,1-3H3/t18-,19-,21-,23-,24-,25-,30-,31-,53?,54?;;/m1../s1. The lowest BCUT2D eigenvalue weighted by atomic mass is 10.1. The van der Waals surface area contributed by atoms with E-state index in [0.717, 1.165) is 17.4 Å². The molecule has 4 N–H and O–H groups in total. The molecule has 4 aliphatic rings. The second-order valence-corrected chi connectivity index (χ2v) is 29.6. The molecule has 71 heavy (non-hydrogen) atoms. The van der Waals surface area contributed by atoms with E-state index in [0.29, 0.717) is 24.4 Å². The van der Waals surface area contributed by atoms with Crippen LogP contribution in [0.3, 0.4) is 0 Å². The van der Waals surface area contributed by atoms with E-state index in [9.17, 15) is 19.4 Å². The van der Waals surface area contributed by atoms with Gasteiger partial charge in [-0.3, -0.25) is 18.5 Å². The molecule has 8 rings (SSSR count). The summed E-state index contributed by atoms with van der Waals surface area (Å²) in [4.78, 5) is 48.0. The molecule has 0 aliphatic carbocycles. The first-order valence-electron chi connectivity index (χ1n) is 24.8. The molecular formula is C44H75FN10O11P2S2Si. The van der Waals surface area contributed by atoms with Crippen LogP contribution in [0.4, 0.5) is 10.2 Å². The third kappa shape index (κ3) is 13.4. The van der Waals surface area contributed by atoms with Crippen LogP contribution in [0.1, 0.15) is 86.8 Å². The molecule has 0 radical (unpaired) electrons. The first-order valence-corrected chi connectivity index (χ1v) is 32.8. The van der Waals surface area contributed by atoms with E-state index in [4.69, 9.17) is 56.1 Å². The predicted molar refractivity (Wildman–Crippen MR) is 274 cm³/mol. The Hall–Kier alpha value is -2.29. The number of rotatable bonds is 12. The fourth-order valence-electron chi connectivity index (χ4n) is 8.77. The van der Waals surface area contributed by atoms with Crippen LogP contribution in [-0.4, -0.2) is 149 Å². The summed E-state index contributed by atoms with van der Waals surface area (Å²) in [6.07, 6.45) is -3.92. The minimum atomic E-state index is -4.54. The molecule has 0 aromatic carbocycles. The number of fused-ring (bicyclic) bond motifs is 4. The minimum absolute atomic E-state index is 0.00683. The average molecular weight is 1090 g/mol. The lowest BCUT2D eigenvalue weighted by Gasteiger charge is -2.41. The molecular weight excluding hydrogens is 1020 g/mol. The molecule has 4 aromatic heterocycles. The van der Waals surface area contributed by atoms with Gasteiger partial charge in [0.1, 0.15) is 61.4 Å². The number of nitrogens with zero attached hydrogens (tertiary/aromatic N) is 7. The third-order valence-electron chi connectivity index (χ3n) is 14.1. The summed E-state index contributed by atoms with van der Waals surface area (Å²) in [6, 6.07) is 0. The number of alkyl halides is 1. The number of halogens is 1. The number of aliphatic hydroxyl groups excluding tert-OH is 1. The van der Waals surface area contributed by atoms with Gasteiger partial charge in [-0.25, -0.2) is 24.3 Å². The van der Waals surface area contributed by atoms with Crippen LogP contribution in [0.5, 0.6) is 0 Å². The van der Waals surface area contributed by atoms with E-state index in [1.165, 1.54) is 72.0 Å². The second kappa shape index (κ2) is 24.6. The lowest BCUT2D eigenvalue weighted by Crippen LogP contribution is -3.11. The van der Waals surface area contributed by atoms with Crippen molar-refractivity contribution < 1.29 is 60.7 Å². The summed E-state index contributed by atoms with van der Waals surface area (Å²) in [5.41, 5.74) is 0.819. The number of imidazole rings is 1. The van der Waals surface area contributed by atoms with Crippen molar-refractivity contribution in [2.75, 3.05) is 71.0 Å². The maximum Gasteiger partial charge on any atom is 0.281 e. The quantitative estimate of drug-likeness (QED) is 0.0909. The van der Waals surface area contributed by atoms with Gasteiger partial charge in [-0.15, -0.1) is 0 Å². The summed E-state index contributed by atoms with van der Waals surface area (Å²) in [5, 5.41) is 13.1. The van der Waals surface area contributed by atoms with Crippen molar-refractivity contribution >= 4 is 73.9 Å². The van der Waals surface area contributed by atoms with Gasteiger partial charge in [-0.2, -0.15) is 0 Å². The van der Waals surface area contributed by atoms with Gasteiger partial charge in [0.2, 0.25) is 6.80 Å². The number of hydrogen-bond acceptors (Lipinski definition) is 18. The van der Waals surface area contributed by atoms with Crippen LogP contribution in [0, 0.1) is 0 Å². The highest BCUT2D eigenvalue weighted by atomic mass is 32.7. The normalized spacial score (nSPS) is 29.3. The number of nitrogens with one attached hydrogen (secondary N) is 3. The minimum Gasteiger partial charge on any atom is -0.780 e. The van der Waals surface area contributed by atoms with Crippen LogP contribution in [0.25, 0.3) is 22.2 Å². The molecule has 8 heterocycles. The van der Waals surface area contributed by atoms with Crippen LogP contribution in [-0.2, 0) is 73.6 Å².